The lowest BCUT2D eigenvalue weighted by Crippen LogP contribution is -2.60. The van der Waals surface area contributed by atoms with E-state index < -0.39 is 0 Å². The van der Waals surface area contributed by atoms with Crippen LogP contribution in [0.5, 0.6) is 0 Å². The zero-order valence-corrected chi connectivity index (χ0v) is 11.7. The lowest BCUT2D eigenvalue weighted by Gasteiger charge is -2.47. The molecule has 3 nitrogen and oxygen atoms in total. The van der Waals surface area contributed by atoms with Crippen molar-refractivity contribution in [3.63, 3.8) is 0 Å². The molecule has 0 radical (unpaired) electrons. The molecule has 1 N–H and O–H groups in total. The molecule has 0 aromatic rings. The third-order valence-electron chi connectivity index (χ3n) is 4.69. The van der Waals surface area contributed by atoms with E-state index in [2.05, 4.69) is 24.1 Å². The average Bonchev–Trinajstić information content (AvgIpc) is 2.67. The van der Waals surface area contributed by atoms with Crippen LogP contribution in [0.2, 0.25) is 0 Å². The third kappa shape index (κ3) is 2.67. The van der Waals surface area contributed by atoms with E-state index in [1.165, 1.54) is 45.3 Å². The first-order valence-electron chi connectivity index (χ1n) is 7.16. The summed E-state index contributed by atoms with van der Waals surface area (Å²) in [5.41, 5.74) is 0.445. The second-order valence-corrected chi connectivity index (χ2v) is 5.99. The molecule has 3 unspecified atom stereocenters. The van der Waals surface area contributed by atoms with Gasteiger partial charge in [0.1, 0.15) is 0 Å². The molecule has 3 atom stereocenters. The lowest BCUT2D eigenvalue weighted by molar-refractivity contribution is 0.0418. The van der Waals surface area contributed by atoms with E-state index in [0.29, 0.717) is 17.5 Å². The Morgan fingerprint density at radius 3 is 2.88 bits per heavy atom. The summed E-state index contributed by atoms with van der Waals surface area (Å²) >= 11 is 0. The maximum absolute atomic E-state index is 5.27. The number of likely N-dealkylation sites (tertiary alicyclic amines) is 1. The quantitative estimate of drug-likeness (QED) is 0.812. The Bertz CT molecular complexity index is 246. The molecule has 2 saturated heterocycles. The summed E-state index contributed by atoms with van der Waals surface area (Å²) in [5.74, 6) is 0.643. The van der Waals surface area contributed by atoms with Gasteiger partial charge in [-0.15, -0.1) is 0 Å². The van der Waals surface area contributed by atoms with Crippen LogP contribution in [0.1, 0.15) is 39.5 Å². The number of hydrogen-bond acceptors (Lipinski definition) is 3. The summed E-state index contributed by atoms with van der Waals surface area (Å²) in [4.78, 5) is 2.74. The second-order valence-electron chi connectivity index (χ2n) is 5.99. The maximum atomic E-state index is 5.27. The summed E-state index contributed by atoms with van der Waals surface area (Å²) in [7, 11) is 1.81. The topological polar surface area (TPSA) is 24.5 Å². The first-order valence-corrected chi connectivity index (χ1v) is 7.16. The van der Waals surface area contributed by atoms with Crippen molar-refractivity contribution in [2.24, 2.45) is 5.92 Å². The van der Waals surface area contributed by atoms with Crippen LogP contribution in [0.25, 0.3) is 0 Å². The number of ether oxygens (including phenoxy) is 1. The minimum absolute atomic E-state index is 0.445. The Labute approximate surface area is 106 Å². The molecule has 100 valence electrons. The number of hydrogen-bond donors (Lipinski definition) is 1. The normalized spacial score (nSPS) is 36.5. The van der Waals surface area contributed by atoms with Crippen LogP contribution < -0.4 is 5.32 Å². The monoisotopic (exact) mass is 240 g/mol. The smallest absolute Gasteiger partial charge is 0.0500 e. The van der Waals surface area contributed by atoms with Crippen molar-refractivity contribution in [1.82, 2.24) is 10.2 Å². The highest BCUT2D eigenvalue weighted by Crippen LogP contribution is 2.38. The molecule has 2 aliphatic rings. The summed E-state index contributed by atoms with van der Waals surface area (Å²) in [6.45, 7) is 9.23. The van der Waals surface area contributed by atoms with Gasteiger partial charge >= 0.3 is 0 Å². The molecule has 0 bridgehead atoms. The molecule has 0 saturated carbocycles. The van der Waals surface area contributed by atoms with E-state index in [1.54, 1.807) is 7.11 Å². The Morgan fingerprint density at radius 2 is 2.18 bits per heavy atom. The fourth-order valence-corrected chi connectivity index (χ4v) is 3.84. The molecule has 2 rings (SSSR count). The van der Waals surface area contributed by atoms with Crippen LogP contribution in [-0.4, -0.2) is 49.8 Å². The summed E-state index contributed by atoms with van der Waals surface area (Å²) in [5, 5.41) is 3.68. The van der Waals surface area contributed by atoms with Gasteiger partial charge in [-0.1, -0.05) is 6.92 Å². The predicted molar refractivity (Wildman–Crippen MR) is 71.3 cm³/mol. The maximum Gasteiger partial charge on any atom is 0.0500 e. The summed E-state index contributed by atoms with van der Waals surface area (Å²) in [6.07, 6.45) is 5.45. The molecule has 2 fully saturated rings. The first-order chi connectivity index (χ1) is 8.19. The zero-order valence-electron chi connectivity index (χ0n) is 11.7. The van der Waals surface area contributed by atoms with Gasteiger partial charge in [0, 0.05) is 31.8 Å². The molecular weight excluding hydrogens is 212 g/mol. The van der Waals surface area contributed by atoms with E-state index in [9.17, 15) is 0 Å². The van der Waals surface area contributed by atoms with Crippen molar-refractivity contribution in [3.05, 3.63) is 0 Å². The van der Waals surface area contributed by atoms with Gasteiger partial charge in [0.15, 0.2) is 0 Å². The van der Waals surface area contributed by atoms with E-state index in [4.69, 9.17) is 4.74 Å². The summed E-state index contributed by atoms with van der Waals surface area (Å²) < 4.78 is 5.27. The van der Waals surface area contributed by atoms with Gasteiger partial charge in [-0.05, 0) is 51.6 Å². The standard InChI is InChI=1S/C14H28N2O/c1-12(11-17-3)10-16-9-5-7-14(16)6-4-8-15-13(14)2/h12-13,15H,4-11H2,1-3H3. The fraction of sp³-hybridized carbons (Fsp3) is 1.00. The third-order valence-corrected chi connectivity index (χ3v) is 4.69. The largest absolute Gasteiger partial charge is 0.384 e. The molecule has 2 aliphatic heterocycles. The Morgan fingerprint density at radius 1 is 1.41 bits per heavy atom. The van der Waals surface area contributed by atoms with Gasteiger partial charge in [0.05, 0.1) is 0 Å². The Kier molecular flexibility index (Phi) is 4.45. The molecule has 17 heavy (non-hydrogen) atoms. The van der Waals surface area contributed by atoms with Crippen molar-refractivity contribution >= 4 is 0 Å². The van der Waals surface area contributed by atoms with E-state index in [0.717, 1.165) is 6.61 Å². The van der Waals surface area contributed by atoms with Crippen LogP contribution in [0, 0.1) is 5.92 Å². The predicted octanol–water partition coefficient (Wildman–Crippen LogP) is 1.88. The minimum Gasteiger partial charge on any atom is -0.384 e. The van der Waals surface area contributed by atoms with Gasteiger partial charge < -0.3 is 10.1 Å². The van der Waals surface area contributed by atoms with Crippen molar-refractivity contribution in [3.8, 4) is 0 Å². The zero-order chi connectivity index (χ0) is 12.3. The molecule has 0 aromatic heterocycles. The van der Waals surface area contributed by atoms with Crippen LogP contribution in [-0.2, 0) is 4.74 Å². The van der Waals surface area contributed by atoms with Crippen molar-refractivity contribution in [1.29, 1.82) is 0 Å². The SMILES string of the molecule is COCC(C)CN1CCCC12CCCNC2C. The minimum atomic E-state index is 0.445. The fourth-order valence-electron chi connectivity index (χ4n) is 3.84. The van der Waals surface area contributed by atoms with Gasteiger partial charge in [0.2, 0.25) is 0 Å². The molecule has 0 amide bonds. The number of piperidine rings is 1. The second kappa shape index (κ2) is 5.68. The Balaban J connectivity index is 2.00. The summed E-state index contributed by atoms with van der Waals surface area (Å²) in [6, 6.07) is 0.647. The molecule has 3 heteroatoms. The van der Waals surface area contributed by atoms with Gasteiger partial charge in [-0.2, -0.15) is 0 Å². The molecule has 0 aliphatic carbocycles. The number of methoxy groups -OCH3 is 1. The number of rotatable bonds is 4. The van der Waals surface area contributed by atoms with Crippen LogP contribution in [0.4, 0.5) is 0 Å². The van der Waals surface area contributed by atoms with Gasteiger partial charge in [0.25, 0.3) is 0 Å². The average molecular weight is 240 g/mol. The first kappa shape index (κ1) is 13.3. The van der Waals surface area contributed by atoms with Crippen molar-refractivity contribution < 1.29 is 4.74 Å². The van der Waals surface area contributed by atoms with Crippen LogP contribution in [0.15, 0.2) is 0 Å². The number of nitrogens with one attached hydrogen (secondary N) is 1. The van der Waals surface area contributed by atoms with Crippen molar-refractivity contribution in [2.45, 2.75) is 51.1 Å². The highest BCUT2D eigenvalue weighted by molar-refractivity contribution is 5.04. The molecular formula is C14H28N2O. The highest BCUT2D eigenvalue weighted by Gasteiger charge is 2.46. The molecule has 0 aromatic carbocycles. The van der Waals surface area contributed by atoms with Gasteiger partial charge in [-0.3, -0.25) is 4.90 Å². The lowest BCUT2D eigenvalue weighted by atomic mass is 9.80. The van der Waals surface area contributed by atoms with Crippen LogP contribution >= 0.6 is 0 Å². The van der Waals surface area contributed by atoms with E-state index in [-0.39, 0.29) is 0 Å². The van der Waals surface area contributed by atoms with E-state index >= 15 is 0 Å². The molecule has 2 heterocycles. The Hall–Kier alpha value is -0.120. The highest BCUT2D eigenvalue weighted by atomic mass is 16.5. The number of nitrogens with zero attached hydrogens (tertiary/aromatic N) is 1. The molecule has 1 spiro atoms. The van der Waals surface area contributed by atoms with Crippen LogP contribution in [0.3, 0.4) is 0 Å². The van der Waals surface area contributed by atoms with Crippen molar-refractivity contribution in [2.75, 3.05) is 33.4 Å². The van der Waals surface area contributed by atoms with E-state index in [1.807, 2.05) is 0 Å². The van der Waals surface area contributed by atoms with Gasteiger partial charge in [-0.25, -0.2) is 0 Å².